The zero-order valence-electron chi connectivity index (χ0n) is 18.1. The van der Waals surface area contributed by atoms with Gasteiger partial charge in [-0.3, -0.25) is 4.79 Å². The third-order valence-corrected chi connectivity index (χ3v) is 7.55. The van der Waals surface area contributed by atoms with E-state index in [4.69, 9.17) is 4.42 Å². The van der Waals surface area contributed by atoms with Gasteiger partial charge in [0.2, 0.25) is 15.9 Å². The van der Waals surface area contributed by atoms with E-state index in [0.717, 1.165) is 11.1 Å². The van der Waals surface area contributed by atoms with Crippen molar-refractivity contribution in [1.82, 2.24) is 15.0 Å². The van der Waals surface area contributed by atoms with Crippen LogP contribution in [-0.2, 0) is 14.8 Å². The third-order valence-electron chi connectivity index (χ3n) is 6.01. The molecule has 33 heavy (non-hydrogen) atoms. The summed E-state index contributed by atoms with van der Waals surface area (Å²) in [4.78, 5) is 16.9. The molecule has 1 aliphatic rings. The smallest absolute Gasteiger partial charge is 0.240 e. The molecule has 1 aromatic heterocycles. The van der Waals surface area contributed by atoms with E-state index in [0.29, 0.717) is 31.4 Å². The van der Waals surface area contributed by atoms with E-state index >= 15 is 0 Å². The molecule has 174 valence electrons. The number of rotatable bonds is 8. The number of sulfonamides is 1. The summed E-state index contributed by atoms with van der Waals surface area (Å²) in [6.45, 7) is -0.180. The Kier molecular flexibility index (Phi) is 7.22. The number of benzene rings is 2. The Bertz CT molecular complexity index is 1140. The van der Waals surface area contributed by atoms with Gasteiger partial charge in [-0.15, -0.1) is 0 Å². The van der Waals surface area contributed by atoms with E-state index in [1.165, 1.54) is 12.7 Å². The first-order valence-corrected chi connectivity index (χ1v) is 12.4. The van der Waals surface area contributed by atoms with Gasteiger partial charge in [0.1, 0.15) is 12.0 Å². The van der Waals surface area contributed by atoms with Gasteiger partial charge in [0.05, 0.1) is 17.5 Å². The molecule has 1 fully saturated rings. The predicted octanol–water partition coefficient (Wildman–Crippen LogP) is 3.03. The molecular weight excluding hydrogens is 442 g/mol. The summed E-state index contributed by atoms with van der Waals surface area (Å²) >= 11 is 0. The number of carbonyl (C=O) groups excluding carboxylic acids is 1. The highest BCUT2D eigenvalue weighted by atomic mass is 32.2. The molecule has 8 nitrogen and oxygen atoms in total. The number of oxazole rings is 1. The average molecular weight is 470 g/mol. The Morgan fingerprint density at radius 3 is 2.36 bits per heavy atom. The molecule has 2 aromatic carbocycles. The van der Waals surface area contributed by atoms with E-state index in [9.17, 15) is 18.3 Å². The number of aliphatic hydroxyl groups is 1. The Morgan fingerprint density at radius 2 is 1.76 bits per heavy atom. The Balaban J connectivity index is 1.31. The first-order chi connectivity index (χ1) is 16.0. The average Bonchev–Trinajstić information content (AvgIpc) is 3.38. The minimum atomic E-state index is -3.67. The molecule has 1 saturated carbocycles. The number of amides is 1. The lowest BCUT2D eigenvalue weighted by molar-refractivity contribution is -0.127. The van der Waals surface area contributed by atoms with Gasteiger partial charge in [-0.25, -0.2) is 18.1 Å². The second-order valence-electron chi connectivity index (χ2n) is 8.22. The van der Waals surface area contributed by atoms with E-state index in [1.54, 1.807) is 24.3 Å². The molecule has 1 atom stereocenters. The summed E-state index contributed by atoms with van der Waals surface area (Å²) in [6.07, 6.45) is 5.13. The van der Waals surface area contributed by atoms with Crippen LogP contribution in [0.25, 0.3) is 11.3 Å². The van der Waals surface area contributed by atoms with Crippen LogP contribution in [0.1, 0.15) is 37.3 Å². The molecule has 9 heteroatoms. The summed E-state index contributed by atoms with van der Waals surface area (Å²) in [6, 6.07) is 15.1. The first kappa shape index (κ1) is 23.2. The second-order valence-corrected chi connectivity index (χ2v) is 9.94. The maximum absolute atomic E-state index is 12.8. The molecule has 4 rings (SSSR count). The van der Waals surface area contributed by atoms with Crippen LogP contribution in [0.15, 0.2) is 76.6 Å². The minimum Gasteiger partial charge on any atom is -0.451 e. The lowest BCUT2D eigenvalue weighted by Crippen LogP contribution is -2.42. The van der Waals surface area contributed by atoms with E-state index in [2.05, 4.69) is 15.0 Å². The van der Waals surface area contributed by atoms with Gasteiger partial charge in [-0.05, 0) is 43.4 Å². The van der Waals surface area contributed by atoms with Crippen LogP contribution in [0, 0.1) is 5.92 Å². The third kappa shape index (κ3) is 5.68. The zero-order valence-corrected chi connectivity index (χ0v) is 18.9. The lowest BCUT2D eigenvalue weighted by Gasteiger charge is -2.29. The highest BCUT2D eigenvalue weighted by Crippen LogP contribution is 2.27. The quantitative estimate of drug-likeness (QED) is 0.466. The first-order valence-electron chi connectivity index (χ1n) is 10.9. The number of carbonyl (C=O) groups is 1. The van der Waals surface area contributed by atoms with Crippen LogP contribution in [0.4, 0.5) is 0 Å². The summed E-state index contributed by atoms with van der Waals surface area (Å²) < 4.78 is 33.3. The van der Waals surface area contributed by atoms with Crippen molar-refractivity contribution < 1.29 is 22.7 Å². The molecule has 0 unspecified atom stereocenters. The fourth-order valence-electron chi connectivity index (χ4n) is 4.13. The molecule has 0 bridgehead atoms. The topological polar surface area (TPSA) is 122 Å². The largest absolute Gasteiger partial charge is 0.451 e. The maximum atomic E-state index is 12.8. The van der Waals surface area contributed by atoms with Crippen molar-refractivity contribution in [2.45, 2.75) is 42.7 Å². The fraction of sp³-hybridized carbons (Fsp3) is 0.333. The minimum absolute atomic E-state index is 0.109. The summed E-state index contributed by atoms with van der Waals surface area (Å²) in [5, 5.41) is 12.6. The van der Waals surface area contributed by atoms with Gasteiger partial charge >= 0.3 is 0 Å². The molecule has 1 heterocycles. The van der Waals surface area contributed by atoms with Gasteiger partial charge in [0, 0.05) is 17.5 Å². The number of nitrogens with one attached hydrogen (secondary N) is 2. The molecule has 0 aliphatic heterocycles. The highest BCUT2D eigenvalue weighted by Gasteiger charge is 2.30. The van der Waals surface area contributed by atoms with Crippen LogP contribution >= 0.6 is 0 Å². The van der Waals surface area contributed by atoms with Gasteiger partial charge < -0.3 is 14.8 Å². The van der Waals surface area contributed by atoms with Crippen LogP contribution < -0.4 is 10.0 Å². The van der Waals surface area contributed by atoms with E-state index in [-0.39, 0.29) is 29.4 Å². The van der Waals surface area contributed by atoms with Gasteiger partial charge in [-0.1, -0.05) is 42.5 Å². The van der Waals surface area contributed by atoms with Crippen molar-refractivity contribution in [3.8, 4) is 11.3 Å². The molecule has 0 radical (unpaired) electrons. The highest BCUT2D eigenvalue weighted by molar-refractivity contribution is 7.89. The van der Waals surface area contributed by atoms with E-state index < -0.39 is 16.1 Å². The number of hydrogen-bond donors (Lipinski definition) is 3. The van der Waals surface area contributed by atoms with Crippen molar-refractivity contribution in [1.29, 1.82) is 0 Å². The number of aliphatic hydroxyl groups excluding tert-OH is 1. The summed E-state index contributed by atoms with van der Waals surface area (Å²) in [7, 11) is -3.67. The summed E-state index contributed by atoms with van der Waals surface area (Å²) in [5.74, 6) is -0.312. The molecule has 3 N–H and O–H groups in total. The number of nitrogens with zero attached hydrogens (tertiary/aromatic N) is 1. The second kappa shape index (κ2) is 10.3. The van der Waals surface area contributed by atoms with E-state index in [1.807, 2.05) is 30.3 Å². The SMILES string of the molecule is O=C(N[C@H](CO)c1ccccc1)[C@H]1CC[C@H](NS(=O)(=O)c2ccc(-c3cocn3)cc2)CC1. The van der Waals surface area contributed by atoms with Gasteiger partial charge in [0.25, 0.3) is 0 Å². The van der Waals surface area contributed by atoms with Crippen LogP contribution in [0.3, 0.4) is 0 Å². The lowest BCUT2D eigenvalue weighted by atomic mass is 9.85. The van der Waals surface area contributed by atoms with Crippen LogP contribution in [0.5, 0.6) is 0 Å². The molecular formula is C24H27N3O5S. The van der Waals surface area contributed by atoms with Crippen molar-refractivity contribution in [2.75, 3.05) is 6.61 Å². The number of hydrogen-bond acceptors (Lipinski definition) is 6. The predicted molar refractivity (Wildman–Crippen MR) is 122 cm³/mol. The van der Waals surface area contributed by atoms with Gasteiger partial charge in [0.15, 0.2) is 6.39 Å². The Labute approximate surface area is 193 Å². The normalized spacial score (nSPS) is 19.7. The van der Waals surface area contributed by atoms with Crippen molar-refractivity contribution in [3.05, 3.63) is 72.8 Å². The fourth-order valence-corrected chi connectivity index (χ4v) is 5.44. The molecule has 1 amide bonds. The van der Waals surface area contributed by atoms with Crippen LogP contribution in [-0.4, -0.2) is 37.1 Å². The molecule has 3 aromatic rings. The zero-order chi connectivity index (χ0) is 23.3. The standard InChI is InChI=1S/C24H27N3O5S/c28-14-22(17-4-2-1-3-5-17)26-24(29)19-6-10-20(11-7-19)27-33(30,31)21-12-8-18(9-13-21)23-15-32-16-25-23/h1-5,8-9,12-13,15-16,19-20,22,27-28H,6-7,10-11,14H2,(H,26,29)/t19-,20-,22-/m1/s1. The van der Waals surface area contributed by atoms with Crippen molar-refractivity contribution in [2.24, 2.45) is 5.92 Å². The summed E-state index contributed by atoms with van der Waals surface area (Å²) in [5.41, 5.74) is 2.26. The van der Waals surface area contributed by atoms with Gasteiger partial charge in [-0.2, -0.15) is 0 Å². The monoisotopic (exact) mass is 469 g/mol. The van der Waals surface area contributed by atoms with Crippen LogP contribution in [0.2, 0.25) is 0 Å². The molecule has 0 spiro atoms. The maximum Gasteiger partial charge on any atom is 0.240 e. The Hall–Kier alpha value is -3.01. The molecule has 1 aliphatic carbocycles. The van der Waals surface area contributed by atoms with Crippen molar-refractivity contribution in [3.63, 3.8) is 0 Å². The number of aromatic nitrogens is 1. The Morgan fingerprint density at radius 1 is 1.06 bits per heavy atom. The molecule has 0 saturated heterocycles. The van der Waals surface area contributed by atoms with Crippen molar-refractivity contribution >= 4 is 15.9 Å².